The third kappa shape index (κ3) is 5.71. The summed E-state index contributed by atoms with van der Waals surface area (Å²) < 4.78 is 72.0. The number of anilines is 3. The molecule has 2 aromatic heterocycles. The number of alkyl halides is 2. The van der Waals surface area contributed by atoms with E-state index in [-0.39, 0.29) is 11.4 Å². The molecule has 3 N–H and O–H groups in total. The number of aryl methyl sites for hydroxylation is 1. The van der Waals surface area contributed by atoms with Crippen LogP contribution in [0.5, 0.6) is 5.75 Å². The zero-order valence-corrected chi connectivity index (χ0v) is 19.2. The molecule has 0 radical (unpaired) electrons. The Labute approximate surface area is 198 Å². The van der Waals surface area contributed by atoms with Crippen molar-refractivity contribution in [2.45, 2.75) is 18.8 Å². The molecule has 2 aromatic carbocycles. The van der Waals surface area contributed by atoms with Crippen LogP contribution >= 0.6 is 0 Å². The highest BCUT2D eigenvalue weighted by atomic mass is 32.2. The van der Waals surface area contributed by atoms with E-state index in [0.29, 0.717) is 28.6 Å². The Hall–Kier alpha value is -4.07. The minimum absolute atomic E-state index is 0.0148. The van der Waals surface area contributed by atoms with Gasteiger partial charge in [0.1, 0.15) is 24.0 Å². The zero-order valence-electron chi connectivity index (χ0n) is 18.4. The van der Waals surface area contributed by atoms with E-state index in [4.69, 9.17) is 4.74 Å². The fourth-order valence-electron chi connectivity index (χ4n) is 3.11. The Kier molecular flexibility index (Phi) is 6.64. The van der Waals surface area contributed by atoms with Crippen molar-refractivity contribution in [1.29, 1.82) is 0 Å². The first-order chi connectivity index (χ1) is 16.6. The van der Waals surface area contributed by atoms with Gasteiger partial charge in [0.2, 0.25) is 5.95 Å². The van der Waals surface area contributed by atoms with Gasteiger partial charge in [0.15, 0.2) is 5.82 Å². The number of ether oxygens (including phenoxy) is 1. The van der Waals surface area contributed by atoms with Crippen molar-refractivity contribution >= 4 is 27.5 Å². The first kappa shape index (κ1) is 24.1. The van der Waals surface area contributed by atoms with Crippen molar-refractivity contribution in [3.05, 3.63) is 66.2 Å². The SMILES string of the molecule is C[C@H](Oc1cc(-c2cc(Nc3ncn(C)n3)n[nH]2)ccc1NS(=O)(=O)C(F)F)c1ccc(F)cc1. The summed E-state index contributed by atoms with van der Waals surface area (Å²) in [6.45, 7) is 1.66. The van der Waals surface area contributed by atoms with Gasteiger partial charge in [-0.1, -0.05) is 18.2 Å². The average Bonchev–Trinajstić information content (AvgIpc) is 3.44. The van der Waals surface area contributed by atoms with Gasteiger partial charge in [-0.25, -0.2) is 17.8 Å². The average molecular weight is 507 g/mol. The van der Waals surface area contributed by atoms with Gasteiger partial charge in [-0.05, 0) is 36.8 Å². The monoisotopic (exact) mass is 507 g/mol. The van der Waals surface area contributed by atoms with Crippen molar-refractivity contribution in [1.82, 2.24) is 25.0 Å². The molecule has 1 atom stereocenters. The molecule has 0 aliphatic rings. The highest BCUT2D eigenvalue weighted by Crippen LogP contribution is 2.35. The summed E-state index contributed by atoms with van der Waals surface area (Å²) in [5.74, 6) is -3.33. The standard InChI is InChI=1S/C21H20F3N7O3S/c1-12(13-3-6-15(22)7-4-13)34-18-9-14(5-8-16(18)30-35(32,33)20(23)24)17-10-19(28-27-17)26-21-25-11-31(2)29-21/h3-12,20,30H,1-2H3,(H2,26,27,28,29)/t12-/m0/s1. The second-order valence-corrected chi connectivity index (χ2v) is 9.11. The van der Waals surface area contributed by atoms with Gasteiger partial charge < -0.3 is 10.1 Å². The van der Waals surface area contributed by atoms with E-state index in [1.54, 1.807) is 20.0 Å². The number of halogens is 3. The van der Waals surface area contributed by atoms with Crippen LogP contribution in [0, 0.1) is 5.82 Å². The molecule has 0 aliphatic heterocycles. The van der Waals surface area contributed by atoms with Crippen molar-refractivity contribution in [3.8, 4) is 17.0 Å². The number of hydrogen-bond donors (Lipinski definition) is 3. The Balaban J connectivity index is 1.64. The maximum atomic E-state index is 13.3. The normalized spacial score (nSPS) is 12.5. The summed E-state index contributed by atoms with van der Waals surface area (Å²) in [6.07, 6.45) is 0.857. The van der Waals surface area contributed by atoms with Crippen LogP contribution in [0.1, 0.15) is 18.6 Å². The molecule has 4 rings (SSSR count). The lowest BCUT2D eigenvalue weighted by atomic mass is 10.1. The molecule has 0 bridgehead atoms. The number of aromatic nitrogens is 5. The summed E-state index contributed by atoms with van der Waals surface area (Å²) >= 11 is 0. The van der Waals surface area contributed by atoms with E-state index in [1.807, 2.05) is 4.72 Å². The predicted octanol–water partition coefficient (Wildman–Crippen LogP) is 4.19. The number of aromatic amines is 1. The van der Waals surface area contributed by atoms with E-state index < -0.39 is 27.7 Å². The van der Waals surface area contributed by atoms with Crippen LogP contribution in [0.4, 0.5) is 30.6 Å². The summed E-state index contributed by atoms with van der Waals surface area (Å²) in [5, 5.41) is 14.0. The van der Waals surface area contributed by atoms with Crippen LogP contribution in [0.3, 0.4) is 0 Å². The number of nitrogens with one attached hydrogen (secondary N) is 3. The van der Waals surface area contributed by atoms with Gasteiger partial charge in [-0.2, -0.15) is 13.9 Å². The Morgan fingerprint density at radius 3 is 2.51 bits per heavy atom. The highest BCUT2D eigenvalue weighted by Gasteiger charge is 2.26. The third-order valence-electron chi connectivity index (χ3n) is 4.84. The van der Waals surface area contributed by atoms with Crippen LogP contribution in [0.2, 0.25) is 0 Å². The molecule has 2 heterocycles. The number of rotatable bonds is 9. The summed E-state index contributed by atoms with van der Waals surface area (Å²) in [7, 11) is -3.23. The van der Waals surface area contributed by atoms with Gasteiger partial charge in [0, 0.05) is 18.7 Å². The molecule has 35 heavy (non-hydrogen) atoms. The molecule has 10 nitrogen and oxygen atoms in total. The lowest BCUT2D eigenvalue weighted by molar-refractivity contribution is 0.228. The Morgan fingerprint density at radius 1 is 1.11 bits per heavy atom. The first-order valence-corrected chi connectivity index (χ1v) is 11.7. The van der Waals surface area contributed by atoms with Gasteiger partial charge in [-0.3, -0.25) is 14.5 Å². The van der Waals surface area contributed by atoms with Crippen molar-refractivity contribution in [2.24, 2.45) is 7.05 Å². The Bertz CT molecular complexity index is 1420. The molecule has 0 amide bonds. The van der Waals surface area contributed by atoms with E-state index in [2.05, 4.69) is 25.6 Å². The Morgan fingerprint density at radius 2 is 1.86 bits per heavy atom. The van der Waals surface area contributed by atoms with Gasteiger partial charge in [0.25, 0.3) is 10.0 Å². The molecular weight excluding hydrogens is 487 g/mol. The lowest BCUT2D eigenvalue weighted by Crippen LogP contribution is -2.21. The van der Waals surface area contributed by atoms with Crippen LogP contribution in [0.25, 0.3) is 11.3 Å². The van der Waals surface area contributed by atoms with Gasteiger partial charge >= 0.3 is 5.76 Å². The van der Waals surface area contributed by atoms with Gasteiger partial charge in [0.05, 0.1) is 11.4 Å². The molecule has 4 aromatic rings. The lowest BCUT2D eigenvalue weighted by Gasteiger charge is -2.19. The smallest absolute Gasteiger partial charge is 0.355 e. The molecule has 0 unspecified atom stereocenters. The van der Waals surface area contributed by atoms with Crippen LogP contribution in [-0.4, -0.2) is 39.1 Å². The second kappa shape index (κ2) is 9.66. The number of sulfonamides is 1. The van der Waals surface area contributed by atoms with Crippen LogP contribution < -0.4 is 14.8 Å². The number of hydrogen-bond acceptors (Lipinski definition) is 7. The maximum absolute atomic E-state index is 13.3. The molecule has 0 saturated carbocycles. The second-order valence-electron chi connectivity index (χ2n) is 7.46. The largest absolute Gasteiger partial charge is 0.484 e. The fourth-order valence-corrected chi connectivity index (χ4v) is 3.67. The summed E-state index contributed by atoms with van der Waals surface area (Å²) in [5.41, 5.74) is 1.46. The van der Waals surface area contributed by atoms with E-state index in [1.165, 1.54) is 53.5 Å². The van der Waals surface area contributed by atoms with E-state index in [9.17, 15) is 21.6 Å². The molecule has 0 spiro atoms. The minimum atomic E-state index is -4.94. The molecule has 0 aliphatic carbocycles. The minimum Gasteiger partial charge on any atom is -0.484 e. The van der Waals surface area contributed by atoms with Crippen molar-refractivity contribution in [3.63, 3.8) is 0 Å². The summed E-state index contributed by atoms with van der Waals surface area (Å²) in [6, 6.07) is 11.5. The number of benzene rings is 2. The molecular formula is C21H20F3N7O3S. The van der Waals surface area contributed by atoms with Crippen LogP contribution in [0.15, 0.2) is 54.9 Å². The first-order valence-electron chi connectivity index (χ1n) is 10.1. The quantitative estimate of drug-likeness (QED) is 0.310. The number of nitrogens with zero attached hydrogens (tertiary/aromatic N) is 4. The van der Waals surface area contributed by atoms with E-state index >= 15 is 0 Å². The van der Waals surface area contributed by atoms with Crippen molar-refractivity contribution < 1.29 is 26.3 Å². The van der Waals surface area contributed by atoms with Gasteiger partial charge in [-0.15, -0.1) is 5.10 Å². The summed E-state index contributed by atoms with van der Waals surface area (Å²) in [4.78, 5) is 4.05. The predicted molar refractivity (Wildman–Crippen MR) is 122 cm³/mol. The third-order valence-corrected chi connectivity index (χ3v) is 5.81. The fraction of sp³-hybridized carbons (Fsp3) is 0.190. The number of H-pyrrole nitrogens is 1. The molecule has 0 saturated heterocycles. The van der Waals surface area contributed by atoms with E-state index in [0.717, 1.165) is 0 Å². The van der Waals surface area contributed by atoms with Crippen LogP contribution in [-0.2, 0) is 17.1 Å². The topological polar surface area (TPSA) is 127 Å². The molecule has 184 valence electrons. The zero-order chi connectivity index (χ0) is 25.2. The molecule has 14 heteroatoms. The molecule has 0 fully saturated rings. The van der Waals surface area contributed by atoms with Crippen molar-refractivity contribution in [2.75, 3.05) is 10.0 Å². The maximum Gasteiger partial charge on any atom is 0.355 e. The highest BCUT2D eigenvalue weighted by molar-refractivity contribution is 7.93.